The van der Waals surface area contributed by atoms with Gasteiger partial charge in [0, 0.05) is 80.4 Å². The van der Waals surface area contributed by atoms with Gasteiger partial charge < -0.3 is 24.3 Å². The average molecular weight is 666 g/mol. The second-order valence-corrected chi connectivity index (χ2v) is 13.6. The van der Waals surface area contributed by atoms with E-state index in [-0.39, 0.29) is 0 Å². The fourth-order valence-corrected chi connectivity index (χ4v) is 7.29. The fraction of sp³-hybridized carbons (Fsp3) is 0.136. The maximum absolute atomic E-state index is 5.34. The maximum Gasteiger partial charge on any atom is 0.0737 e. The van der Waals surface area contributed by atoms with E-state index in [2.05, 4.69) is 185 Å². The van der Waals surface area contributed by atoms with Gasteiger partial charge in [0.05, 0.1) is 33.8 Å². The molecule has 0 unspecified atom stereocenters. The quantitative estimate of drug-likeness (QED) is 0.204. The first kappa shape index (κ1) is 30.7. The van der Waals surface area contributed by atoms with Crippen LogP contribution in [-0.4, -0.2) is 75.0 Å². The first-order valence-electron chi connectivity index (χ1n) is 17.5. The van der Waals surface area contributed by atoms with Crippen molar-refractivity contribution >= 4 is 63.2 Å². The van der Waals surface area contributed by atoms with Crippen LogP contribution in [0.3, 0.4) is 0 Å². The Bertz CT molecular complexity index is 2490. The summed E-state index contributed by atoms with van der Waals surface area (Å²) >= 11 is 0. The van der Waals surface area contributed by atoms with Crippen LogP contribution < -0.4 is 0 Å². The van der Waals surface area contributed by atoms with E-state index in [1.54, 1.807) is 0 Å². The van der Waals surface area contributed by atoms with Crippen molar-refractivity contribution < 1.29 is 0 Å². The molecule has 9 rings (SSSR count). The van der Waals surface area contributed by atoms with Gasteiger partial charge in [0.2, 0.25) is 0 Å². The number of aromatic nitrogens is 4. The van der Waals surface area contributed by atoms with Gasteiger partial charge in [-0.2, -0.15) is 0 Å². The number of fused-ring (bicyclic) bond motifs is 8. The predicted molar refractivity (Wildman–Crippen MR) is 213 cm³/mol. The molecule has 7 nitrogen and oxygen atoms in total. The van der Waals surface area contributed by atoms with Crippen LogP contribution >= 0.6 is 0 Å². The summed E-state index contributed by atoms with van der Waals surface area (Å²) in [4.78, 5) is 20.6. The summed E-state index contributed by atoms with van der Waals surface area (Å²) in [5, 5.41) is 0. The van der Waals surface area contributed by atoms with Crippen molar-refractivity contribution in [1.82, 2.24) is 34.2 Å². The molecule has 0 spiro atoms. The third kappa shape index (κ3) is 5.76. The first-order valence-corrected chi connectivity index (χ1v) is 17.5. The van der Waals surface area contributed by atoms with Crippen molar-refractivity contribution in [3.63, 3.8) is 0 Å². The lowest BCUT2D eigenvalue weighted by molar-refractivity contribution is 0.505. The molecule has 1 aromatic carbocycles. The normalized spacial score (nSPS) is 16.5. The smallest absolute Gasteiger partial charge is 0.0737 e. The highest BCUT2D eigenvalue weighted by molar-refractivity contribution is 6.09. The average Bonchev–Trinajstić information content (AvgIpc) is 3.95. The molecule has 51 heavy (non-hydrogen) atoms. The Morgan fingerprint density at radius 2 is 1.14 bits per heavy atom. The number of nitrogens with one attached hydrogen (secondary N) is 1. The number of nitrogens with zero attached hydrogens (tertiary/aromatic N) is 6. The summed E-state index contributed by atoms with van der Waals surface area (Å²) in [5.41, 5.74) is 15.9. The first-order chi connectivity index (χ1) is 25.0. The summed E-state index contributed by atoms with van der Waals surface area (Å²) < 4.78 is 2.47. The van der Waals surface area contributed by atoms with Crippen molar-refractivity contribution in [2.24, 2.45) is 0 Å². The van der Waals surface area contributed by atoms with Gasteiger partial charge in [0.1, 0.15) is 0 Å². The Labute approximate surface area is 298 Å². The Morgan fingerprint density at radius 1 is 0.549 bits per heavy atom. The van der Waals surface area contributed by atoms with E-state index in [9.17, 15) is 0 Å². The lowest BCUT2D eigenvalue weighted by atomic mass is 9.91. The van der Waals surface area contributed by atoms with Crippen LogP contribution in [0, 0.1) is 0 Å². The minimum Gasteiger partial charge on any atom is -0.377 e. The van der Waals surface area contributed by atoms with Gasteiger partial charge >= 0.3 is 0 Å². The minimum atomic E-state index is 0.799. The van der Waals surface area contributed by atoms with Crippen LogP contribution in [0.5, 0.6) is 0 Å². The number of likely N-dealkylation sites (N-methyl/N-ethyl adjacent to an activating group) is 3. The summed E-state index contributed by atoms with van der Waals surface area (Å²) in [6.07, 6.45) is 28.8. The van der Waals surface area contributed by atoms with Gasteiger partial charge in [-0.25, -0.2) is 9.97 Å². The second kappa shape index (κ2) is 12.5. The van der Waals surface area contributed by atoms with Crippen LogP contribution in [0.25, 0.3) is 74.3 Å². The van der Waals surface area contributed by atoms with Crippen molar-refractivity contribution in [2.45, 2.75) is 0 Å². The third-order valence-corrected chi connectivity index (χ3v) is 9.87. The number of rotatable bonds is 4. The third-order valence-electron chi connectivity index (χ3n) is 9.87. The van der Waals surface area contributed by atoms with Gasteiger partial charge in [-0.15, -0.1) is 0 Å². The minimum absolute atomic E-state index is 0.799. The van der Waals surface area contributed by atoms with E-state index in [4.69, 9.17) is 9.97 Å². The number of hydrogen-bond donors (Lipinski definition) is 1. The topological polar surface area (TPSA) is 56.2 Å². The lowest BCUT2D eigenvalue weighted by Crippen LogP contribution is -2.15. The van der Waals surface area contributed by atoms with Crippen LogP contribution in [0.2, 0.25) is 0 Å². The second-order valence-electron chi connectivity index (χ2n) is 13.6. The molecular weight excluding hydrogens is 627 g/mol. The van der Waals surface area contributed by atoms with E-state index in [1.165, 1.54) is 22.3 Å². The van der Waals surface area contributed by atoms with Crippen molar-refractivity contribution in [2.75, 3.05) is 40.8 Å². The van der Waals surface area contributed by atoms with Gasteiger partial charge in [0.15, 0.2) is 0 Å². The van der Waals surface area contributed by atoms with E-state index in [1.807, 2.05) is 0 Å². The summed E-state index contributed by atoms with van der Waals surface area (Å²) in [5.74, 6) is 0. The largest absolute Gasteiger partial charge is 0.377 e. The molecule has 7 heteroatoms. The van der Waals surface area contributed by atoms with Crippen molar-refractivity contribution in [3.8, 4) is 11.1 Å². The Kier molecular flexibility index (Phi) is 7.54. The molecule has 0 amide bonds. The molecule has 5 aliphatic heterocycles. The summed E-state index contributed by atoms with van der Waals surface area (Å²) in [7, 11) is 6.35. The highest BCUT2D eigenvalue weighted by Gasteiger charge is 2.28. The molecule has 8 bridgehead atoms. The number of aromatic amines is 1. The summed E-state index contributed by atoms with van der Waals surface area (Å²) in [6.45, 7) is 2.43. The highest BCUT2D eigenvalue weighted by Crippen LogP contribution is 2.45. The maximum atomic E-state index is 5.34. The molecular formula is C44H39N7. The van der Waals surface area contributed by atoms with Gasteiger partial charge in [-0.05, 0) is 108 Å². The number of benzene rings is 1. The van der Waals surface area contributed by atoms with Crippen LogP contribution in [0.15, 0.2) is 116 Å². The van der Waals surface area contributed by atoms with Gasteiger partial charge in [-0.3, -0.25) is 0 Å². The molecule has 0 saturated heterocycles. The van der Waals surface area contributed by atoms with Gasteiger partial charge in [0.25, 0.3) is 0 Å². The monoisotopic (exact) mass is 665 g/mol. The van der Waals surface area contributed by atoms with Crippen LogP contribution in [0.4, 0.5) is 0 Å². The van der Waals surface area contributed by atoms with Crippen molar-refractivity contribution in [3.05, 3.63) is 150 Å². The number of hydrogen-bond acceptors (Lipinski definition) is 5. The molecule has 3 aromatic heterocycles. The van der Waals surface area contributed by atoms with Crippen LogP contribution in [0.1, 0.15) is 33.9 Å². The molecule has 0 aliphatic carbocycles. The summed E-state index contributed by atoms with van der Waals surface area (Å²) in [6, 6.07) is 21.4. The molecule has 0 fully saturated rings. The van der Waals surface area contributed by atoms with Crippen molar-refractivity contribution in [1.29, 1.82) is 0 Å². The molecule has 0 radical (unpaired) electrons. The van der Waals surface area contributed by atoms with E-state index < -0.39 is 0 Å². The molecule has 0 saturated carbocycles. The SMILES string of the molecule is CN1C=CC(c2c(C3=CCN(C)C=C3)c3c(-c4ccccc4)c4nc(cc5ccc(cc6nc(cc2n3C2=CCN(C)C=C2)C=C6)[nH]5)C=C4)=CC1. The Balaban J connectivity index is 1.56. The zero-order valence-corrected chi connectivity index (χ0v) is 29.1. The molecule has 250 valence electrons. The zero-order chi connectivity index (χ0) is 34.5. The highest BCUT2D eigenvalue weighted by atomic mass is 15.1. The number of allylic oxidation sites excluding steroid dienone is 6. The van der Waals surface area contributed by atoms with Crippen LogP contribution in [-0.2, 0) is 0 Å². The predicted octanol–water partition coefficient (Wildman–Crippen LogP) is 8.78. The molecule has 5 aliphatic rings. The molecule has 4 aromatic rings. The molecule has 1 N–H and O–H groups in total. The Morgan fingerprint density at radius 3 is 1.76 bits per heavy atom. The Hall–Kier alpha value is -6.34. The van der Waals surface area contributed by atoms with E-state index >= 15 is 0 Å². The van der Waals surface area contributed by atoms with E-state index in [0.29, 0.717) is 0 Å². The van der Waals surface area contributed by atoms with Gasteiger partial charge in [-0.1, -0.05) is 42.5 Å². The lowest BCUT2D eigenvalue weighted by Gasteiger charge is -2.21. The standard InChI is InChI=1S/C44H39N7/c1-48-21-15-31(16-22-48)42-40-29-37-12-11-34(46-37)27-33-9-10-35(45-33)28-36-13-14-39(47-36)41(30-7-5-4-6-8-30)44(43(42)32-17-23-49(2)24-18-32)51(40)38-19-25-50(3)26-20-38/h4-21,23,25,27-29,45H,22,24,26H2,1-3H3. The fourth-order valence-electron chi connectivity index (χ4n) is 7.29. The number of H-pyrrole nitrogens is 1. The molecule has 8 heterocycles. The zero-order valence-electron chi connectivity index (χ0n) is 29.1. The molecule has 0 atom stereocenters. The van der Waals surface area contributed by atoms with E-state index in [0.717, 1.165) is 81.3 Å².